The molecule has 12 heavy (non-hydrogen) atoms. The van der Waals surface area contributed by atoms with Crippen LogP contribution in [-0.2, 0) is 7.05 Å². The van der Waals surface area contributed by atoms with Gasteiger partial charge >= 0.3 is 5.69 Å². The van der Waals surface area contributed by atoms with Gasteiger partial charge in [0.15, 0.2) is 0 Å². The molecular formula is C8H7FN2O. The Balaban J connectivity index is 3.09. The molecule has 0 aliphatic carbocycles. The van der Waals surface area contributed by atoms with Crippen LogP contribution in [0.15, 0.2) is 29.1 Å². The molecule has 0 N–H and O–H groups in total. The first-order chi connectivity index (χ1) is 5.72. The maximum Gasteiger partial charge on any atom is 0.357 e. The molecule has 0 spiro atoms. The quantitative estimate of drug-likeness (QED) is 0.575. The number of fused-ring (bicyclic) bond motifs is 1. The number of hydrogen-bond acceptors (Lipinski definition) is 1. The van der Waals surface area contributed by atoms with Gasteiger partial charge in [-0.3, -0.25) is 4.57 Å². The number of aromatic nitrogens is 2. The highest BCUT2D eigenvalue weighted by atomic mass is 19.2. The SMILES string of the molecule is Cn1c(=O)n(F)c2ccccc21. The highest BCUT2D eigenvalue weighted by molar-refractivity contribution is 5.75. The second-order valence-electron chi connectivity index (χ2n) is 2.61. The van der Waals surface area contributed by atoms with Crippen LogP contribution >= 0.6 is 0 Å². The zero-order valence-corrected chi connectivity index (χ0v) is 6.49. The number of para-hydroxylation sites is 2. The molecule has 0 bridgehead atoms. The third kappa shape index (κ3) is 0.717. The van der Waals surface area contributed by atoms with Crippen molar-refractivity contribution < 1.29 is 4.48 Å². The molecule has 1 aromatic carbocycles. The average molecular weight is 166 g/mol. The maximum atomic E-state index is 13.0. The Kier molecular flexibility index (Phi) is 1.30. The Morgan fingerprint density at radius 2 is 1.83 bits per heavy atom. The van der Waals surface area contributed by atoms with Crippen molar-refractivity contribution in [2.45, 2.75) is 0 Å². The minimum atomic E-state index is -0.642. The summed E-state index contributed by atoms with van der Waals surface area (Å²) >= 11 is 0. The van der Waals surface area contributed by atoms with Gasteiger partial charge in [0.2, 0.25) is 0 Å². The van der Waals surface area contributed by atoms with Crippen molar-refractivity contribution in [3.63, 3.8) is 0 Å². The molecule has 2 aromatic rings. The molecular weight excluding hydrogens is 159 g/mol. The lowest BCUT2D eigenvalue weighted by molar-refractivity contribution is 0.364. The zero-order chi connectivity index (χ0) is 8.72. The summed E-state index contributed by atoms with van der Waals surface area (Å²) < 4.78 is 14.3. The summed E-state index contributed by atoms with van der Waals surface area (Å²) in [5.41, 5.74) is 0.270. The van der Waals surface area contributed by atoms with Crippen molar-refractivity contribution in [1.29, 1.82) is 0 Å². The molecule has 0 fully saturated rings. The van der Waals surface area contributed by atoms with E-state index in [0.717, 1.165) is 0 Å². The lowest BCUT2D eigenvalue weighted by Crippen LogP contribution is -2.17. The Hall–Kier alpha value is -1.58. The van der Waals surface area contributed by atoms with Gasteiger partial charge in [-0.05, 0) is 12.1 Å². The fraction of sp³-hybridized carbons (Fsp3) is 0.125. The van der Waals surface area contributed by atoms with E-state index in [0.29, 0.717) is 11.0 Å². The number of hydrogen-bond donors (Lipinski definition) is 0. The van der Waals surface area contributed by atoms with Crippen LogP contribution in [0.25, 0.3) is 11.0 Å². The molecule has 3 nitrogen and oxygen atoms in total. The van der Waals surface area contributed by atoms with E-state index in [1.165, 1.54) is 4.57 Å². The molecule has 0 amide bonds. The van der Waals surface area contributed by atoms with Gasteiger partial charge in [-0.25, -0.2) is 4.79 Å². The van der Waals surface area contributed by atoms with Gasteiger partial charge in [0.25, 0.3) is 0 Å². The van der Waals surface area contributed by atoms with Crippen molar-refractivity contribution in [2.24, 2.45) is 7.05 Å². The van der Waals surface area contributed by atoms with E-state index in [9.17, 15) is 9.28 Å². The zero-order valence-electron chi connectivity index (χ0n) is 6.49. The Morgan fingerprint density at radius 1 is 1.25 bits per heavy atom. The Bertz CT molecular complexity index is 441. The fourth-order valence-electron chi connectivity index (χ4n) is 1.25. The topological polar surface area (TPSA) is 26.9 Å². The molecule has 0 unspecified atom stereocenters. The summed E-state index contributed by atoms with van der Waals surface area (Å²) in [5.74, 6) is 0. The molecule has 0 saturated carbocycles. The molecule has 0 atom stereocenters. The van der Waals surface area contributed by atoms with Crippen molar-refractivity contribution >= 4 is 11.0 Å². The number of nitrogens with zero attached hydrogens (tertiary/aromatic N) is 2. The largest absolute Gasteiger partial charge is 0.357 e. The second-order valence-corrected chi connectivity index (χ2v) is 2.61. The van der Waals surface area contributed by atoms with Gasteiger partial charge in [-0.2, -0.15) is 0 Å². The molecule has 0 aliphatic rings. The summed E-state index contributed by atoms with van der Waals surface area (Å²) in [6.07, 6.45) is 0. The van der Waals surface area contributed by atoms with Gasteiger partial charge < -0.3 is 0 Å². The van der Waals surface area contributed by atoms with Crippen LogP contribution in [0.4, 0.5) is 4.48 Å². The van der Waals surface area contributed by atoms with Crippen LogP contribution < -0.4 is 5.69 Å². The summed E-state index contributed by atoms with van der Waals surface area (Å²) in [4.78, 5) is 11.2. The fourth-order valence-corrected chi connectivity index (χ4v) is 1.25. The van der Waals surface area contributed by atoms with Crippen LogP contribution in [-0.4, -0.2) is 9.36 Å². The van der Waals surface area contributed by atoms with Crippen LogP contribution in [0.3, 0.4) is 0 Å². The molecule has 0 saturated heterocycles. The molecule has 0 aliphatic heterocycles. The van der Waals surface area contributed by atoms with Crippen molar-refractivity contribution in [3.8, 4) is 0 Å². The van der Waals surface area contributed by atoms with Crippen molar-refractivity contribution in [2.75, 3.05) is 0 Å². The minimum absolute atomic E-state index is 0.148. The third-order valence-corrected chi connectivity index (χ3v) is 1.91. The minimum Gasteiger partial charge on any atom is -0.293 e. The van der Waals surface area contributed by atoms with Gasteiger partial charge in [0.1, 0.15) is 5.52 Å². The van der Waals surface area contributed by atoms with E-state index in [1.807, 2.05) is 0 Å². The number of halogens is 1. The smallest absolute Gasteiger partial charge is 0.293 e. The summed E-state index contributed by atoms with van der Waals surface area (Å²) in [6, 6.07) is 6.73. The van der Waals surface area contributed by atoms with Crippen molar-refractivity contribution in [1.82, 2.24) is 9.36 Å². The maximum absolute atomic E-state index is 13.0. The lowest BCUT2D eigenvalue weighted by Gasteiger charge is -1.89. The van der Waals surface area contributed by atoms with Crippen molar-refractivity contribution in [3.05, 3.63) is 34.7 Å². The Labute approximate surface area is 67.6 Å². The molecule has 0 radical (unpaired) electrons. The number of imidazole rings is 1. The van der Waals surface area contributed by atoms with Crippen LogP contribution in [0.5, 0.6) is 0 Å². The highest BCUT2D eigenvalue weighted by Gasteiger charge is 2.07. The molecule has 4 heteroatoms. The van der Waals surface area contributed by atoms with E-state index in [-0.39, 0.29) is 4.79 Å². The Morgan fingerprint density at radius 3 is 2.42 bits per heavy atom. The first-order valence-electron chi connectivity index (χ1n) is 3.54. The third-order valence-electron chi connectivity index (χ3n) is 1.91. The van der Waals surface area contributed by atoms with Crippen LogP contribution in [0.1, 0.15) is 0 Å². The van der Waals surface area contributed by atoms with Gasteiger partial charge in [-0.1, -0.05) is 16.6 Å². The predicted octanol–water partition coefficient (Wildman–Crippen LogP) is 1.07. The van der Waals surface area contributed by atoms with Crippen LogP contribution in [0, 0.1) is 0 Å². The number of benzene rings is 1. The van der Waals surface area contributed by atoms with E-state index >= 15 is 0 Å². The lowest BCUT2D eigenvalue weighted by atomic mass is 10.3. The van der Waals surface area contributed by atoms with Gasteiger partial charge in [0.05, 0.1) is 5.52 Å². The summed E-state index contributed by atoms with van der Waals surface area (Å²) in [7, 11) is 1.54. The van der Waals surface area contributed by atoms with Crippen LogP contribution in [0.2, 0.25) is 0 Å². The number of aryl methyl sites for hydroxylation is 1. The van der Waals surface area contributed by atoms with Gasteiger partial charge in [-0.15, -0.1) is 4.79 Å². The molecule has 2 rings (SSSR count). The average Bonchev–Trinajstić information content (AvgIpc) is 2.33. The summed E-state index contributed by atoms with van der Waals surface area (Å²) in [6.45, 7) is 0. The van der Waals surface area contributed by atoms with Gasteiger partial charge in [0, 0.05) is 7.05 Å². The standard InChI is InChI=1S/C8H7FN2O/c1-10-6-4-2-3-5-7(6)11(9)8(10)12/h2-5H,1H3. The van der Waals surface area contributed by atoms with E-state index < -0.39 is 5.69 Å². The first-order valence-corrected chi connectivity index (χ1v) is 3.54. The molecule has 1 aromatic heterocycles. The van der Waals surface area contributed by atoms with E-state index in [4.69, 9.17) is 0 Å². The summed E-state index contributed by atoms with van der Waals surface area (Å²) in [5, 5.41) is 0. The monoisotopic (exact) mass is 166 g/mol. The van der Waals surface area contributed by atoms with E-state index in [1.54, 1.807) is 31.3 Å². The first kappa shape index (κ1) is 7.09. The molecule has 62 valence electrons. The normalized spacial score (nSPS) is 10.8. The number of rotatable bonds is 0. The highest BCUT2D eigenvalue weighted by Crippen LogP contribution is 2.10. The second kappa shape index (κ2) is 2.20. The molecule has 1 heterocycles. The van der Waals surface area contributed by atoms with E-state index in [2.05, 4.69) is 0 Å². The predicted molar refractivity (Wildman–Crippen MR) is 43.7 cm³/mol.